The van der Waals surface area contributed by atoms with Crippen molar-refractivity contribution < 1.29 is 31.5 Å². The molecule has 0 radical (unpaired) electrons. The number of anilines is 1. The predicted octanol–water partition coefficient (Wildman–Crippen LogP) is 0.709. The van der Waals surface area contributed by atoms with Gasteiger partial charge < -0.3 is 20.5 Å². The summed E-state index contributed by atoms with van der Waals surface area (Å²) in [7, 11) is -3.23. The second-order valence-electron chi connectivity index (χ2n) is 4.84. The average Bonchev–Trinajstić information content (AvgIpc) is 2.68. The molecule has 0 bridgehead atoms. The Hall–Kier alpha value is -1.94. The number of fused-ring (bicyclic) bond motifs is 1. The first-order chi connectivity index (χ1) is 10.1. The maximum absolute atomic E-state index is 12.9. The van der Waals surface area contributed by atoms with Crippen molar-refractivity contribution in [1.82, 2.24) is 0 Å². The Bertz CT molecular complexity index is 693. The smallest absolute Gasteiger partial charge is 0.395 e. The highest BCUT2D eigenvalue weighted by molar-refractivity contribution is 7.90. The molecule has 22 heavy (non-hydrogen) atoms. The zero-order valence-corrected chi connectivity index (χ0v) is 12.3. The van der Waals surface area contributed by atoms with Gasteiger partial charge >= 0.3 is 6.29 Å². The maximum Gasteiger partial charge on any atom is 0.586 e. The molecule has 0 saturated carbocycles. The molecular weight excluding hydrogens is 322 g/mol. The number of carbonyl (C=O) groups excluding carboxylic acids is 1. The van der Waals surface area contributed by atoms with E-state index in [0.29, 0.717) is 0 Å². The van der Waals surface area contributed by atoms with Gasteiger partial charge in [0.2, 0.25) is 5.91 Å². The second kappa shape index (κ2) is 5.69. The molecule has 2 rings (SSSR count). The zero-order chi connectivity index (χ0) is 16.5. The normalized spacial score (nSPS) is 17.1. The number of hydrogen-bond acceptors (Lipinski definition) is 6. The van der Waals surface area contributed by atoms with Gasteiger partial charge in [0.05, 0.1) is 11.8 Å². The molecule has 1 aliphatic rings. The van der Waals surface area contributed by atoms with E-state index in [4.69, 9.17) is 5.73 Å². The molecule has 1 heterocycles. The number of hydrogen-bond donors (Lipinski definition) is 2. The van der Waals surface area contributed by atoms with Crippen molar-refractivity contribution in [2.45, 2.75) is 18.8 Å². The van der Waals surface area contributed by atoms with Crippen molar-refractivity contribution in [3.63, 3.8) is 0 Å². The van der Waals surface area contributed by atoms with Gasteiger partial charge in [-0.15, -0.1) is 8.78 Å². The van der Waals surface area contributed by atoms with Gasteiger partial charge in [-0.1, -0.05) is 0 Å². The lowest BCUT2D eigenvalue weighted by atomic mass is 10.2. The third-order valence-corrected chi connectivity index (χ3v) is 3.78. The first-order valence-electron chi connectivity index (χ1n) is 6.20. The predicted molar refractivity (Wildman–Crippen MR) is 73.6 cm³/mol. The second-order valence-corrected chi connectivity index (χ2v) is 7.10. The Kier molecular flexibility index (Phi) is 4.25. The fraction of sp³-hybridized carbons (Fsp3) is 0.417. The van der Waals surface area contributed by atoms with E-state index < -0.39 is 28.1 Å². The Balaban J connectivity index is 1.98. The highest BCUT2D eigenvalue weighted by Crippen LogP contribution is 2.42. The molecular formula is C12H14F2N2O5S. The van der Waals surface area contributed by atoms with Crippen molar-refractivity contribution in [2.75, 3.05) is 17.3 Å². The quantitative estimate of drug-likeness (QED) is 0.820. The fourth-order valence-electron chi connectivity index (χ4n) is 1.73. The molecule has 3 N–H and O–H groups in total. The Morgan fingerprint density at radius 1 is 1.36 bits per heavy atom. The number of amides is 1. The van der Waals surface area contributed by atoms with Crippen LogP contribution in [0.3, 0.4) is 0 Å². The summed E-state index contributed by atoms with van der Waals surface area (Å²) in [4.78, 5) is 11.8. The number of nitrogens with two attached hydrogens (primary N) is 1. The minimum Gasteiger partial charge on any atom is -0.395 e. The maximum atomic E-state index is 12.9. The lowest BCUT2D eigenvalue weighted by molar-refractivity contribution is -0.286. The number of sulfone groups is 1. The first kappa shape index (κ1) is 16.4. The molecule has 122 valence electrons. The summed E-state index contributed by atoms with van der Waals surface area (Å²) in [6.45, 7) is 0. The summed E-state index contributed by atoms with van der Waals surface area (Å²) >= 11 is 0. The summed E-state index contributed by atoms with van der Waals surface area (Å²) < 4.78 is 56.2. The van der Waals surface area contributed by atoms with E-state index in [-0.39, 0.29) is 29.4 Å². The van der Waals surface area contributed by atoms with Gasteiger partial charge in [0.1, 0.15) is 9.84 Å². The first-order valence-corrected chi connectivity index (χ1v) is 8.26. The summed E-state index contributed by atoms with van der Waals surface area (Å²) in [6.07, 6.45) is -2.75. The fourth-order valence-corrected chi connectivity index (χ4v) is 2.42. The van der Waals surface area contributed by atoms with E-state index in [0.717, 1.165) is 12.3 Å². The van der Waals surface area contributed by atoms with Crippen LogP contribution in [0.15, 0.2) is 18.2 Å². The van der Waals surface area contributed by atoms with E-state index in [9.17, 15) is 22.0 Å². The number of alkyl halides is 2. The molecule has 0 fully saturated rings. The Morgan fingerprint density at radius 2 is 2.00 bits per heavy atom. The van der Waals surface area contributed by atoms with Gasteiger partial charge in [-0.25, -0.2) is 8.42 Å². The lowest BCUT2D eigenvalue weighted by Gasteiger charge is -2.12. The molecule has 1 aliphatic heterocycles. The molecule has 10 heteroatoms. The van der Waals surface area contributed by atoms with Crippen molar-refractivity contribution in [3.8, 4) is 11.5 Å². The average molecular weight is 336 g/mol. The van der Waals surface area contributed by atoms with E-state index in [1.165, 1.54) is 12.1 Å². The van der Waals surface area contributed by atoms with Gasteiger partial charge in [0, 0.05) is 18.0 Å². The highest BCUT2D eigenvalue weighted by atomic mass is 32.2. The Labute approximate surface area is 125 Å². The van der Waals surface area contributed by atoms with Gasteiger partial charge in [-0.3, -0.25) is 4.79 Å². The number of benzene rings is 1. The van der Waals surface area contributed by atoms with E-state index in [2.05, 4.69) is 14.8 Å². The Morgan fingerprint density at radius 3 is 2.64 bits per heavy atom. The molecule has 0 aliphatic carbocycles. The monoisotopic (exact) mass is 336 g/mol. The largest absolute Gasteiger partial charge is 0.586 e. The van der Waals surface area contributed by atoms with Crippen LogP contribution in [0, 0.1) is 0 Å². The minimum atomic E-state index is -3.74. The molecule has 0 spiro atoms. The van der Waals surface area contributed by atoms with Crippen LogP contribution in [0.5, 0.6) is 11.5 Å². The van der Waals surface area contributed by atoms with Crippen LogP contribution in [0.1, 0.15) is 6.42 Å². The minimum absolute atomic E-state index is 0.0483. The SMILES string of the molecule is CS(=O)(=O)CCC(N)C(=O)Nc1ccc2c(c1)OC(F)(F)O2. The molecule has 1 aromatic carbocycles. The summed E-state index contributed by atoms with van der Waals surface area (Å²) in [6, 6.07) is 2.68. The molecule has 7 nitrogen and oxygen atoms in total. The van der Waals surface area contributed by atoms with Gasteiger partial charge in [-0.2, -0.15) is 0 Å². The van der Waals surface area contributed by atoms with E-state index in [1.54, 1.807) is 0 Å². The summed E-state index contributed by atoms with van der Waals surface area (Å²) in [5.74, 6) is -1.22. The van der Waals surface area contributed by atoms with Crippen LogP contribution in [0.4, 0.5) is 14.5 Å². The van der Waals surface area contributed by atoms with Crippen molar-refractivity contribution in [3.05, 3.63) is 18.2 Å². The van der Waals surface area contributed by atoms with Gasteiger partial charge in [0.15, 0.2) is 11.5 Å². The van der Waals surface area contributed by atoms with Crippen LogP contribution in [0.2, 0.25) is 0 Å². The third kappa shape index (κ3) is 4.28. The number of halogens is 2. The summed E-state index contributed by atoms with van der Waals surface area (Å²) in [5.41, 5.74) is 5.76. The van der Waals surface area contributed by atoms with Crippen molar-refractivity contribution in [2.24, 2.45) is 5.73 Å². The molecule has 1 aromatic rings. The van der Waals surface area contributed by atoms with Crippen molar-refractivity contribution >= 4 is 21.4 Å². The number of ether oxygens (including phenoxy) is 2. The topological polar surface area (TPSA) is 108 Å². The number of nitrogens with one attached hydrogen (secondary N) is 1. The van der Waals surface area contributed by atoms with Crippen LogP contribution in [-0.2, 0) is 14.6 Å². The van der Waals surface area contributed by atoms with E-state index in [1.807, 2.05) is 0 Å². The highest BCUT2D eigenvalue weighted by Gasteiger charge is 2.43. The van der Waals surface area contributed by atoms with Crippen LogP contribution in [0.25, 0.3) is 0 Å². The number of rotatable bonds is 5. The molecule has 1 atom stereocenters. The zero-order valence-electron chi connectivity index (χ0n) is 11.5. The summed E-state index contributed by atoms with van der Waals surface area (Å²) in [5, 5.41) is 2.40. The van der Waals surface area contributed by atoms with Crippen LogP contribution in [-0.4, -0.2) is 38.7 Å². The standard InChI is InChI=1S/C12H14F2N2O5S/c1-22(18,19)5-4-8(15)11(17)16-7-2-3-9-10(6-7)21-12(13,14)20-9/h2-3,6,8H,4-5,15H2,1H3,(H,16,17). The van der Waals surface area contributed by atoms with Gasteiger partial charge in [-0.05, 0) is 18.6 Å². The lowest BCUT2D eigenvalue weighted by Crippen LogP contribution is -2.37. The molecule has 0 aromatic heterocycles. The van der Waals surface area contributed by atoms with Crippen LogP contribution < -0.4 is 20.5 Å². The van der Waals surface area contributed by atoms with Crippen molar-refractivity contribution in [1.29, 1.82) is 0 Å². The molecule has 1 unspecified atom stereocenters. The third-order valence-electron chi connectivity index (χ3n) is 2.81. The van der Waals surface area contributed by atoms with E-state index >= 15 is 0 Å². The van der Waals surface area contributed by atoms with Gasteiger partial charge in [0.25, 0.3) is 0 Å². The molecule has 0 saturated heterocycles. The van der Waals surface area contributed by atoms with Crippen LogP contribution >= 0.6 is 0 Å². The molecule has 1 amide bonds. The number of carbonyl (C=O) groups is 1.